The summed E-state index contributed by atoms with van der Waals surface area (Å²) >= 11 is 0. The van der Waals surface area contributed by atoms with E-state index >= 15 is 0 Å². The largest absolute Gasteiger partial charge is 0.487 e. The second-order valence-electron chi connectivity index (χ2n) is 6.18. The molecule has 1 aliphatic carbocycles. The van der Waals surface area contributed by atoms with Crippen molar-refractivity contribution >= 4 is 0 Å². The number of para-hydroxylation sites is 1. The van der Waals surface area contributed by atoms with Gasteiger partial charge in [0.25, 0.3) is 0 Å². The van der Waals surface area contributed by atoms with Crippen molar-refractivity contribution < 1.29 is 9.47 Å². The summed E-state index contributed by atoms with van der Waals surface area (Å²) in [6.07, 6.45) is 6.84. The van der Waals surface area contributed by atoms with E-state index in [2.05, 4.69) is 11.1 Å². The maximum atomic E-state index is 6.42. The van der Waals surface area contributed by atoms with Crippen molar-refractivity contribution in [1.82, 2.24) is 4.98 Å². The summed E-state index contributed by atoms with van der Waals surface area (Å²) in [5.74, 6) is 0.898. The molecule has 1 aromatic carbocycles. The molecule has 2 N–H and O–H groups in total. The van der Waals surface area contributed by atoms with Crippen LogP contribution >= 0.6 is 0 Å². The van der Waals surface area contributed by atoms with Crippen LogP contribution < -0.4 is 10.5 Å². The molecule has 4 heteroatoms. The Balaban J connectivity index is 1.74. The summed E-state index contributed by atoms with van der Waals surface area (Å²) in [6, 6.07) is 10.2. The minimum absolute atomic E-state index is 0.138. The van der Waals surface area contributed by atoms with Crippen LogP contribution in [0.15, 0.2) is 42.7 Å². The zero-order valence-electron chi connectivity index (χ0n) is 12.5. The smallest absolute Gasteiger partial charge is 0.127 e. The van der Waals surface area contributed by atoms with E-state index in [4.69, 9.17) is 15.2 Å². The summed E-state index contributed by atoms with van der Waals surface area (Å²) in [5.41, 5.74) is 9.54. The Labute approximate surface area is 130 Å². The molecule has 4 rings (SSSR count). The van der Waals surface area contributed by atoms with Gasteiger partial charge in [-0.2, -0.15) is 0 Å². The number of hydrogen-bond acceptors (Lipinski definition) is 4. The van der Waals surface area contributed by atoms with Gasteiger partial charge in [0.2, 0.25) is 0 Å². The highest BCUT2D eigenvalue weighted by molar-refractivity contribution is 5.74. The summed E-state index contributed by atoms with van der Waals surface area (Å²) in [5, 5.41) is 0. The Morgan fingerprint density at radius 2 is 2.05 bits per heavy atom. The number of pyridine rings is 1. The molecule has 1 aromatic heterocycles. The van der Waals surface area contributed by atoms with Crippen molar-refractivity contribution in [3.05, 3.63) is 48.3 Å². The van der Waals surface area contributed by atoms with E-state index in [1.807, 2.05) is 36.7 Å². The van der Waals surface area contributed by atoms with Crippen LogP contribution in [0.4, 0.5) is 0 Å². The number of aromatic nitrogens is 1. The first-order chi connectivity index (χ1) is 10.8. The van der Waals surface area contributed by atoms with Crippen LogP contribution in [0.5, 0.6) is 5.75 Å². The average molecular weight is 296 g/mol. The summed E-state index contributed by atoms with van der Waals surface area (Å²) in [7, 11) is 0. The molecule has 114 valence electrons. The van der Waals surface area contributed by atoms with Gasteiger partial charge < -0.3 is 15.2 Å². The molecule has 4 nitrogen and oxygen atoms in total. The van der Waals surface area contributed by atoms with Crippen molar-refractivity contribution in [2.45, 2.75) is 30.9 Å². The fourth-order valence-corrected chi connectivity index (χ4v) is 3.01. The molecule has 1 saturated carbocycles. The summed E-state index contributed by atoms with van der Waals surface area (Å²) in [4.78, 5) is 4.27. The quantitative estimate of drug-likeness (QED) is 0.942. The van der Waals surface area contributed by atoms with Gasteiger partial charge in [-0.25, -0.2) is 0 Å². The third-order valence-electron chi connectivity index (χ3n) is 4.50. The van der Waals surface area contributed by atoms with Crippen LogP contribution in [0.1, 0.15) is 24.8 Å². The molecule has 1 atom stereocenters. The molecule has 22 heavy (non-hydrogen) atoms. The zero-order valence-corrected chi connectivity index (χ0v) is 12.5. The Morgan fingerprint density at radius 3 is 2.82 bits per heavy atom. The molecule has 0 bridgehead atoms. The van der Waals surface area contributed by atoms with Gasteiger partial charge in [0, 0.05) is 29.9 Å². The molecule has 0 radical (unpaired) electrons. The van der Waals surface area contributed by atoms with Gasteiger partial charge in [-0.3, -0.25) is 4.98 Å². The number of nitrogens with two attached hydrogens (primary N) is 1. The highest BCUT2D eigenvalue weighted by Gasteiger charge is 2.42. The van der Waals surface area contributed by atoms with Crippen molar-refractivity contribution in [3.8, 4) is 16.9 Å². The Bertz CT molecular complexity index is 676. The van der Waals surface area contributed by atoms with Crippen LogP contribution in [0.25, 0.3) is 11.1 Å². The third-order valence-corrected chi connectivity index (χ3v) is 4.50. The molecule has 2 aliphatic rings. The standard InChI is InChI=1S/C18H20N2O2/c19-18(7-8-18)16-11-20-9-5-14(16)15-3-1-2-4-17(15)22-13-6-10-21-12-13/h1-5,9,11,13H,6-8,10,12,19H2. The molecule has 2 fully saturated rings. The second-order valence-corrected chi connectivity index (χ2v) is 6.18. The van der Waals surface area contributed by atoms with Gasteiger partial charge in [0.15, 0.2) is 0 Å². The van der Waals surface area contributed by atoms with Crippen molar-refractivity contribution in [3.63, 3.8) is 0 Å². The predicted molar refractivity (Wildman–Crippen MR) is 84.6 cm³/mol. The monoisotopic (exact) mass is 296 g/mol. The molecular weight excluding hydrogens is 276 g/mol. The number of nitrogens with zero attached hydrogens (tertiary/aromatic N) is 1. The first-order valence-corrected chi connectivity index (χ1v) is 7.83. The van der Waals surface area contributed by atoms with E-state index in [-0.39, 0.29) is 11.6 Å². The van der Waals surface area contributed by atoms with Gasteiger partial charge in [-0.1, -0.05) is 18.2 Å². The first kappa shape index (κ1) is 13.7. The molecule has 2 aromatic rings. The maximum Gasteiger partial charge on any atom is 0.127 e. The van der Waals surface area contributed by atoms with E-state index < -0.39 is 0 Å². The van der Waals surface area contributed by atoms with Crippen LogP contribution in [0.3, 0.4) is 0 Å². The molecule has 1 aliphatic heterocycles. The summed E-state index contributed by atoms with van der Waals surface area (Å²) < 4.78 is 11.6. The first-order valence-electron chi connectivity index (χ1n) is 7.83. The van der Waals surface area contributed by atoms with E-state index in [1.54, 1.807) is 0 Å². The number of rotatable bonds is 4. The Kier molecular flexibility index (Phi) is 3.36. The lowest BCUT2D eigenvalue weighted by Gasteiger charge is -2.19. The third kappa shape index (κ3) is 2.49. The average Bonchev–Trinajstić information content (AvgIpc) is 3.09. The van der Waals surface area contributed by atoms with Crippen molar-refractivity contribution in [2.24, 2.45) is 5.73 Å². The number of hydrogen-bond donors (Lipinski definition) is 1. The minimum atomic E-state index is -0.215. The van der Waals surface area contributed by atoms with Gasteiger partial charge in [-0.15, -0.1) is 0 Å². The normalized spacial score (nSPS) is 22.5. The predicted octanol–water partition coefficient (Wildman–Crippen LogP) is 2.86. The van der Waals surface area contributed by atoms with E-state index in [0.29, 0.717) is 6.61 Å². The molecule has 1 saturated heterocycles. The molecular formula is C18H20N2O2. The van der Waals surface area contributed by atoms with Crippen molar-refractivity contribution in [1.29, 1.82) is 0 Å². The van der Waals surface area contributed by atoms with Gasteiger partial charge in [-0.05, 0) is 36.1 Å². The van der Waals surface area contributed by atoms with E-state index in [9.17, 15) is 0 Å². The number of ether oxygens (including phenoxy) is 2. The molecule has 0 amide bonds. The molecule has 0 spiro atoms. The topological polar surface area (TPSA) is 57.4 Å². The van der Waals surface area contributed by atoms with Gasteiger partial charge in [0.1, 0.15) is 11.9 Å². The van der Waals surface area contributed by atoms with Crippen molar-refractivity contribution in [2.75, 3.05) is 13.2 Å². The highest BCUT2D eigenvalue weighted by atomic mass is 16.5. The molecule has 2 heterocycles. The van der Waals surface area contributed by atoms with Gasteiger partial charge >= 0.3 is 0 Å². The highest BCUT2D eigenvalue weighted by Crippen LogP contribution is 2.47. The van der Waals surface area contributed by atoms with E-state index in [1.165, 1.54) is 0 Å². The Morgan fingerprint density at radius 1 is 1.18 bits per heavy atom. The lowest BCUT2D eigenvalue weighted by Crippen LogP contribution is -2.20. The SMILES string of the molecule is NC1(c2cnccc2-c2ccccc2OC2CCOC2)CC1. The van der Waals surface area contributed by atoms with Gasteiger partial charge in [0.05, 0.1) is 13.2 Å². The number of benzene rings is 1. The van der Waals surface area contributed by atoms with Crippen LogP contribution in [0, 0.1) is 0 Å². The fourth-order valence-electron chi connectivity index (χ4n) is 3.01. The zero-order chi connectivity index (χ0) is 15.0. The lowest BCUT2D eigenvalue weighted by atomic mass is 9.95. The minimum Gasteiger partial charge on any atom is -0.487 e. The van der Waals surface area contributed by atoms with Crippen LogP contribution in [-0.2, 0) is 10.3 Å². The second kappa shape index (κ2) is 5.38. The maximum absolute atomic E-state index is 6.42. The van der Waals surface area contributed by atoms with Crippen LogP contribution in [-0.4, -0.2) is 24.3 Å². The fraction of sp³-hybridized carbons (Fsp3) is 0.389. The summed E-state index contributed by atoms with van der Waals surface area (Å²) in [6.45, 7) is 1.44. The van der Waals surface area contributed by atoms with E-state index in [0.717, 1.165) is 48.3 Å². The van der Waals surface area contributed by atoms with Crippen LogP contribution in [0.2, 0.25) is 0 Å². The Hall–Kier alpha value is -1.91. The molecule has 1 unspecified atom stereocenters. The lowest BCUT2D eigenvalue weighted by molar-refractivity contribution is 0.141.